The van der Waals surface area contributed by atoms with E-state index in [0.29, 0.717) is 30.1 Å². The molecule has 0 saturated heterocycles. The molecule has 0 atom stereocenters. The quantitative estimate of drug-likeness (QED) is 0.800. The van der Waals surface area contributed by atoms with E-state index < -0.39 is 0 Å². The number of carbonyl (C=O) groups excluding carboxylic acids is 1. The van der Waals surface area contributed by atoms with Crippen molar-refractivity contribution in [1.82, 2.24) is 19.6 Å². The van der Waals surface area contributed by atoms with Crippen molar-refractivity contribution in [3.05, 3.63) is 52.9 Å². The molecule has 0 unspecified atom stereocenters. The van der Waals surface area contributed by atoms with Crippen LogP contribution >= 0.6 is 0 Å². The van der Waals surface area contributed by atoms with Crippen molar-refractivity contribution >= 4 is 17.4 Å². The maximum atomic E-state index is 12.9. The minimum Gasteiger partial charge on any atom is -0.326 e. The first-order valence-electron chi connectivity index (χ1n) is 7.69. The number of nitrogens with zero attached hydrogens (tertiary/aromatic N) is 4. The number of anilines is 1. The Morgan fingerprint density at radius 3 is 2.58 bits per heavy atom. The van der Waals surface area contributed by atoms with Crippen molar-refractivity contribution in [2.75, 3.05) is 5.32 Å². The molecule has 1 amide bonds. The fraction of sp³-hybridized carbons (Fsp3) is 0.294. The van der Waals surface area contributed by atoms with Crippen LogP contribution in [0.1, 0.15) is 29.2 Å². The Morgan fingerprint density at radius 1 is 1.17 bits per heavy atom. The molecule has 2 heterocycles. The third-order valence-electron chi connectivity index (χ3n) is 3.88. The predicted octanol–water partition coefficient (Wildman–Crippen LogP) is 2.76. The third-order valence-corrected chi connectivity index (χ3v) is 3.88. The van der Waals surface area contributed by atoms with Crippen LogP contribution in [0.4, 0.5) is 10.1 Å². The van der Waals surface area contributed by atoms with E-state index >= 15 is 0 Å². The van der Waals surface area contributed by atoms with Crippen molar-refractivity contribution in [1.29, 1.82) is 0 Å². The SMILES string of the molecule is Cc1nc2nc(C)c(CCC(=O)Nc3ccc(F)cc3)c(C)n2n1. The normalized spacial score (nSPS) is 11.0. The molecule has 0 saturated carbocycles. The molecule has 1 N–H and O–H groups in total. The molecule has 0 bridgehead atoms. The summed E-state index contributed by atoms with van der Waals surface area (Å²) >= 11 is 0. The fourth-order valence-electron chi connectivity index (χ4n) is 2.67. The molecule has 0 aliphatic carbocycles. The van der Waals surface area contributed by atoms with E-state index in [2.05, 4.69) is 20.4 Å². The van der Waals surface area contributed by atoms with Gasteiger partial charge in [0.1, 0.15) is 11.6 Å². The highest BCUT2D eigenvalue weighted by molar-refractivity contribution is 5.90. The van der Waals surface area contributed by atoms with Crippen molar-refractivity contribution in [3.8, 4) is 0 Å². The summed E-state index contributed by atoms with van der Waals surface area (Å²) in [6, 6.07) is 5.70. The van der Waals surface area contributed by atoms with Gasteiger partial charge in [-0.25, -0.2) is 13.9 Å². The van der Waals surface area contributed by atoms with Crippen molar-refractivity contribution in [3.63, 3.8) is 0 Å². The number of hydrogen-bond donors (Lipinski definition) is 1. The number of carbonyl (C=O) groups is 1. The summed E-state index contributed by atoms with van der Waals surface area (Å²) in [4.78, 5) is 20.8. The van der Waals surface area contributed by atoms with Gasteiger partial charge in [-0.2, -0.15) is 10.1 Å². The average molecular weight is 327 g/mol. The summed E-state index contributed by atoms with van der Waals surface area (Å²) < 4.78 is 14.6. The van der Waals surface area contributed by atoms with Crippen LogP contribution in [-0.2, 0) is 11.2 Å². The monoisotopic (exact) mass is 327 g/mol. The number of aromatic nitrogens is 4. The van der Waals surface area contributed by atoms with Gasteiger partial charge in [0, 0.05) is 23.5 Å². The molecule has 124 valence electrons. The Morgan fingerprint density at radius 2 is 1.88 bits per heavy atom. The van der Waals surface area contributed by atoms with Gasteiger partial charge in [0.2, 0.25) is 5.91 Å². The minimum atomic E-state index is -0.332. The summed E-state index contributed by atoms with van der Waals surface area (Å²) in [5.41, 5.74) is 3.35. The van der Waals surface area contributed by atoms with Crippen LogP contribution in [0.2, 0.25) is 0 Å². The number of halogens is 1. The highest BCUT2D eigenvalue weighted by Crippen LogP contribution is 2.16. The lowest BCUT2D eigenvalue weighted by Gasteiger charge is -2.10. The summed E-state index contributed by atoms with van der Waals surface area (Å²) in [6.45, 7) is 5.67. The number of nitrogens with one attached hydrogen (secondary N) is 1. The number of hydrogen-bond acceptors (Lipinski definition) is 4. The fourth-order valence-corrected chi connectivity index (χ4v) is 2.67. The molecule has 0 radical (unpaired) electrons. The van der Waals surface area contributed by atoms with E-state index in [1.807, 2.05) is 20.8 Å². The van der Waals surface area contributed by atoms with Gasteiger partial charge < -0.3 is 5.32 Å². The molecule has 0 aliphatic heterocycles. The number of aryl methyl sites for hydroxylation is 3. The van der Waals surface area contributed by atoms with Gasteiger partial charge in [-0.05, 0) is 57.0 Å². The first-order valence-corrected chi connectivity index (χ1v) is 7.69. The summed E-state index contributed by atoms with van der Waals surface area (Å²) in [7, 11) is 0. The number of rotatable bonds is 4. The van der Waals surface area contributed by atoms with Crippen LogP contribution < -0.4 is 5.32 Å². The second kappa shape index (κ2) is 6.35. The summed E-state index contributed by atoms with van der Waals surface area (Å²) in [5.74, 6) is 0.773. The zero-order chi connectivity index (χ0) is 17.3. The maximum Gasteiger partial charge on any atom is 0.252 e. The number of benzene rings is 1. The van der Waals surface area contributed by atoms with Crippen LogP contribution in [0.25, 0.3) is 5.78 Å². The van der Waals surface area contributed by atoms with Crippen LogP contribution in [0.3, 0.4) is 0 Å². The largest absolute Gasteiger partial charge is 0.326 e. The molecule has 7 heteroatoms. The highest BCUT2D eigenvalue weighted by atomic mass is 19.1. The molecule has 0 fully saturated rings. The van der Waals surface area contributed by atoms with Gasteiger partial charge in [-0.1, -0.05) is 0 Å². The van der Waals surface area contributed by atoms with Gasteiger partial charge in [-0.15, -0.1) is 0 Å². The van der Waals surface area contributed by atoms with Gasteiger partial charge in [0.25, 0.3) is 5.78 Å². The van der Waals surface area contributed by atoms with E-state index in [9.17, 15) is 9.18 Å². The molecule has 1 aromatic carbocycles. The molecule has 0 spiro atoms. The van der Waals surface area contributed by atoms with E-state index in [1.165, 1.54) is 24.3 Å². The molecular weight excluding hydrogens is 309 g/mol. The summed E-state index contributed by atoms with van der Waals surface area (Å²) in [6.07, 6.45) is 0.854. The van der Waals surface area contributed by atoms with E-state index in [4.69, 9.17) is 0 Å². The predicted molar refractivity (Wildman–Crippen MR) is 88.3 cm³/mol. The second-order valence-corrected chi connectivity index (χ2v) is 5.69. The van der Waals surface area contributed by atoms with Crippen LogP contribution in [0.15, 0.2) is 24.3 Å². The Hall–Kier alpha value is -2.83. The zero-order valence-corrected chi connectivity index (χ0v) is 13.8. The Kier molecular flexibility index (Phi) is 4.24. The molecular formula is C17H18FN5O. The van der Waals surface area contributed by atoms with E-state index in [1.54, 1.807) is 4.52 Å². The smallest absolute Gasteiger partial charge is 0.252 e. The summed E-state index contributed by atoms with van der Waals surface area (Å²) in [5, 5.41) is 7.08. The number of amides is 1. The van der Waals surface area contributed by atoms with Crippen LogP contribution in [0, 0.1) is 26.6 Å². The molecule has 3 aromatic rings. The minimum absolute atomic E-state index is 0.129. The standard InChI is InChI=1S/C17H18FN5O/c1-10-15(11(2)23-17(19-10)20-12(3)22-23)8-9-16(24)21-14-6-4-13(18)5-7-14/h4-7H,8-9H2,1-3H3,(H,21,24). The first kappa shape index (κ1) is 16.0. The second-order valence-electron chi connectivity index (χ2n) is 5.69. The van der Waals surface area contributed by atoms with E-state index in [-0.39, 0.29) is 11.7 Å². The molecule has 6 nitrogen and oxygen atoms in total. The van der Waals surface area contributed by atoms with Gasteiger partial charge in [0.05, 0.1) is 0 Å². The van der Waals surface area contributed by atoms with Gasteiger partial charge in [-0.3, -0.25) is 4.79 Å². The molecule has 24 heavy (non-hydrogen) atoms. The topological polar surface area (TPSA) is 72.2 Å². The van der Waals surface area contributed by atoms with Crippen LogP contribution in [0.5, 0.6) is 0 Å². The van der Waals surface area contributed by atoms with Gasteiger partial charge >= 0.3 is 0 Å². The zero-order valence-electron chi connectivity index (χ0n) is 13.8. The first-order chi connectivity index (χ1) is 11.4. The molecule has 2 aromatic heterocycles. The van der Waals surface area contributed by atoms with Crippen LogP contribution in [-0.4, -0.2) is 25.5 Å². The lowest BCUT2D eigenvalue weighted by Crippen LogP contribution is -2.14. The van der Waals surface area contributed by atoms with Crippen molar-refractivity contribution in [2.45, 2.75) is 33.6 Å². The third kappa shape index (κ3) is 3.24. The molecule has 3 rings (SSSR count). The lowest BCUT2D eigenvalue weighted by molar-refractivity contribution is -0.116. The number of fused-ring (bicyclic) bond motifs is 1. The van der Waals surface area contributed by atoms with Crippen molar-refractivity contribution < 1.29 is 9.18 Å². The highest BCUT2D eigenvalue weighted by Gasteiger charge is 2.13. The Labute approximate surface area is 138 Å². The Balaban J connectivity index is 1.73. The van der Waals surface area contributed by atoms with E-state index in [0.717, 1.165) is 17.0 Å². The average Bonchev–Trinajstić information content (AvgIpc) is 2.90. The lowest BCUT2D eigenvalue weighted by atomic mass is 10.1. The maximum absolute atomic E-state index is 12.9. The Bertz CT molecular complexity index is 901. The molecule has 0 aliphatic rings. The van der Waals surface area contributed by atoms with Crippen molar-refractivity contribution in [2.24, 2.45) is 0 Å². The van der Waals surface area contributed by atoms with Gasteiger partial charge in [0.15, 0.2) is 0 Å².